The number of rotatable bonds is 6. The lowest BCUT2D eigenvalue weighted by Crippen LogP contribution is -2.23. The van der Waals surface area contributed by atoms with Crippen molar-refractivity contribution in [3.8, 4) is 11.5 Å². The van der Waals surface area contributed by atoms with Crippen molar-refractivity contribution >= 4 is 35.6 Å². The molecule has 0 amide bonds. The number of alkyl halides is 3. The number of methoxy groups -OCH3 is 1. The molecule has 0 saturated carbocycles. The van der Waals surface area contributed by atoms with E-state index in [2.05, 4.69) is 15.0 Å². The Kier molecular flexibility index (Phi) is 8.67. The van der Waals surface area contributed by atoms with Gasteiger partial charge in [-0.15, -0.1) is 37.1 Å². The average Bonchev–Trinajstić information content (AvgIpc) is 2.55. The molecule has 0 heterocycles. The van der Waals surface area contributed by atoms with E-state index in [1.807, 2.05) is 25.1 Å². The van der Waals surface area contributed by atoms with Crippen LogP contribution in [0, 0.1) is 6.92 Å². The van der Waals surface area contributed by atoms with Gasteiger partial charge in [-0.25, -0.2) is 0 Å². The third kappa shape index (κ3) is 7.94. The van der Waals surface area contributed by atoms with Crippen LogP contribution < -0.4 is 20.5 Å². The Hall–Kier alpha value is -2.17. The van der Waals surface area contributed by atoms with Gasteiger partial charge in [-0.3, -0.25) is 4.99 Å². The predicted octanol–water partition coefficient (Wildman–Crippen LogP) is 4.49. The number of benzene rings is 2. The van der Waals surface area contributed by atoms with E-state index >= 15 is 0 Å². The molecule has 27 heavy (non-hydrogen) atoms. The Bertz CT molecular complexity index is 765. The van der Waals surface area contributed by atoms with Crippen molar-refractivity contribution in [2.45, 2.75) is 19.7 Å². The summed E-state index contributed by atoms with van der Waals surface area (Å²) in [6.07, 6.45) is -4.07. The molecule has 9 heteroatoms. The lowest BCUT2D eigenvalue weighted by molar-refractivity contribution is -0.274. The summed E-state index contributed by atoms with van der Waals surface area (Å²) >= 11 is 0. The third-order valence-corrected chi connectivity index (χ3v) is 3.46. The molecule has 3 N–H and O–H groups in total. The van der Waals surface area contributed by atoms with Gasteiger partial charge in [-0.1, -0.05) is 17.7 Å². The van der Waals surface area contributed by atoms with E-state index in [0.717, 1.165) is 16.9 Å². The van der Waals surface area contributed by atoms with Crippen LogP contribution in [0.2, 0.25) is 0 Å². The van der Waals surface area contributed by atoms with Crippen molar-refractivity contribution in [1.29, 1.82) is 0 Å². The molecule has 2 rings (SSSR count). The van der Waals surface area contributed by atoms with E-state index in [9.17, 15) is 13.2 Å². The van der Waals surface area contributed by atoms with Gasteiger partial charge in [-0.2, -0.15) is 0 Å². The number of anilines is 1. The van der Waals surface area contributed by atoms with Crippen LogP contribution in [-0.2, 0) is 6.42 Å². The van der Waals surface area contributed by atoms with E-state index in [0.29, 0.717) is 18.7 Å². The molecule has 0 unspecified atom stereocenters. The van der Waals surface area contributed by atoms with Crippen molar-refractivity contribution in [3.63, 3.8) is 0 Å². The van der Waals surface area contributed by atoms with Crippen molar-refractivity contribution in [2.24, 2.45) is 10.7 Å². The van der Waals surface area contributed by atoms with Crippen LogP contribution in [0.5, 0.6) is 11.5 Å². The number of aliphatic imine (C=N–C) groups is 1. The first kappa shape index (κ1) is 22.9. The van der Waals surface area contributed by atoms with Gasteiger partial charge >= 0.3 is 6.36 Å². The van der Waals surface area contributed by atoms with Crippen molar-refractivity contribution in [2.75, 3.05) is 19.0 Å². The molecule has 2 aromatic carbocycles. The Labute approximate surface area is 172 Å². The molecule has 0 saturated heterocycles. The Morgan fingerprint density at radius 1 is 1.15 bits per heavy atom. The minimum atomic E-state index is -4.72. The van der Waals surface area contributed by atoms with Crippen LogP contribution in [0.3, 0.4) is 0 Å². The zero-order valence-corrected chi connectivity index (χ0v) is 17.2. The van der Waals surface area contributed by atoms with Crippen molar-refractivity contribution in [3.05, 3.63) is 53.6 Å². The molecular formula is C18H21F3IN3O2. The maximum Gasteiger partial charge on any atom is 0.573 e. The summed E-state index contributed by atoms with van der Waals surface area (Å²) in [4.78, 5) is 4.22. The number of nitrogens with one attached hydrogen (secondary N) is 1. The molecule has 5 nitrogen and oxygen atoms in total. The van der Waals surface area contributed by atoms with Gasteiger partial charge in [0.2, 0.25) is 0 Å². The molecule has 0 fully saturated rings. The minimum absolute atomic E-state index is 0. The number of aryl methyl sites for hydroxylation is 1. The number of hydrogen-bond acceptors (Lipinski definition) is 3. The first-order chi connectivity index (χ1) is 12.3. The SMILES string of the molecule is COc1ccc(C)cc1CCN=C(N)Nc1ccc(OC(F)(F)F)cc1.I. The summed E-state index contributed by atoms with van der Waals surface area (Å²) in [5, 5.41) is 2.82. The zero-order valence-electron chi connectivity index (χ0n) is 14.8. The first-order valence-electron chi connectivity index (χ1n) is 7.83. The van der Waals surface area contributed by atoms with E-state index in [1.54, 1.807) is 7.11 Å². The number of halogens is 4. The fourth-order valence-electron chi connectivity index (χ4n) is 2.33. The zero-order chi connectivity index (χ0) is 19.2. The number of nitrogens with zero attached hydrogens (tertiary/aromatic N) is 1. The Balaban J connectivity index is 0.00000364. The number of guanidine groups is 1. The number of nitrogens with two attached hydrogens (primary N) is 1. The summed E-state index contributed by atoms with van der Waals surface area (Å²) in [5.74, 6) is 0.656. The highest BCUT2D eigenvalue weighted by Crippen LogP contribution is 2.24. The summed E-state index contributed by atoms with van der Waals surface area (Å²) in [7, 11) is 1.61. The van der Waals surface area contributed by atoms with E-state index in [1.165, 1.54) is 24.3 Å². The molecule has 148 valence electrons. The molecule has 0 aliphatic heterocycles. The molecular weight excluding hydrogens is 474 g/mol. The smallest absolute Gasteiger partial charge is 0.496 e. The van der Waals surface area contributed by atoms with Crippen LogP contribution in [0.1, 0.15) is 11.1 Å². The van der Waals surface area contributed by atoms with Crippen LogP contribution in [0.15, 0.2) is 47.5 Å². The molecule has 0 atom stereocenters. The normalized spacial score (nSPS) is 11.5. The number of hydrogen-bond donors (Lipinski definition) is 2. The van der Waals surface area contributed by atoms with Gasteiger partial charge < -0.3 is 20.5 Å². The number of ether oxygens (including phenoxy) is 2. The third-order valence-electron chi connectivity index (χ3n) is 3.46. The van der Waals surface area contributed by atoms with Crippen LogP contribution in [0.25, 0.3) is 0 Å². The van der Waals surface area contributed by atoms with Gasteiger partial charge in [0.1, 0.15) is 11.5 Å². The monoisotopic (exact) mass is 495 g/mol. The summed E-state index contributed by atoms with van der Waals surface area (Å²) in [6.45, 7) is 2.43. The van der Waals surface area contributed by atoms with Crippen molar-refractivity contribution in [1.82, 2.24) is 0 Å². The molecule has 0 aliphatic carbocycles. The van der Waals surface area contributed by atoms with Crippen LogP contribution in [-0.4, -0.2) is 26.0 Å². The van der Waals surface area contributed by atoms with Gasteiger partial charge in [-0.05, 0) is 49.2 Å². The molecule has 0 bridgehead atoms. The Morgan fingerprint density at radius 3 is 2.41 bits per heavy atom. The van der Waals surface area contributed by atoms with Crippen LogP contribution >= 0.6 is 24.0 Å². The minimum Gasteiger partial charge on any atom is -0.496 e. The van der Waals surface area contributed by atoms with Gasteiger partial charge in [0.15, 0.2) is 5.96 Å². The molecule has 0 aromatic heterocycles. The van der Waals surface area contributed by atoms with E-state index < -0.39 is 6.36 Å². The lowest BCUT2D eigenvalue weighted by Gasteiger charge is -2.10. The largest absolute Gasteiger partial charge is 0.573 e. The molecule has 0 radical (unpaired) electrons. The topological polar surface area (TPSA) is 68.9 Å². The standard InChI is InChI=1S/C18H20F3N3O2.HI/c1-12-3-8-16(25-2)13(11-12)9-10-23-17(22)24-14-4-6-15(7-5-14)26-18(19,20)21;/h3-8,11H,9-10H2,1-2H3,(H3,22,23,24);1H. The second-order valence-electron chi connectivity index (χ2n) is 5.53. The molecule has 0 spiro atoms. The summed E-state index contributed by atoms with van der Waals surface area (Å²) in [5.41, 5.74) is 8.46. The maximum atomic E-state index is 12.1. The van der Waals surface area contributed by atoms with Crippen LogP contribution in [0.4, 0.5) is 18.9 Å². The fraction of sp³-hybridized carbons (Fsp3) is 0.278. The van der Waals surface area contributed by atoms with Gasteiger partial charge in [0, 0.05) is 12.2 Å². The van der Waals surface area contributed by atoms with Gasteiger partial charge in [0.05, 0.1) is 7.11 Å². The highest BCUT2D eigenvalue weighted by molar-refractivity contribution is 14.0. The Morgan fingerprint density at radius 2 is 1.81 bits per heavy atom. The predicted molar refractivity (Wildman–Crippen MR) is 110 cm³/mol. The van der Waals surface area contributed by atoms with Crippen molar-refractivity contribution < 1.29 is 22.6 Å². The van der Waals surface area contributed by atoms with E-state index in [4.69, 9.17) is 10.5 Å². The molecule has 0 aliphatic rings. The second kappa shape index (κ2) is 10.2. The second-order valence-corrected chi connectivity index (χ2v) is 5.53. The first-order valence-corrected chi connectivity index (χ1v) is 7.83. The molecule has 2 aromatic rings. The average molecular weight is 495 g/mol. The lowest BCUT2D eigenvalue weighted by atomic mass is 10.1. The maximum absolute atomic E-state index is 12.1. The highest BCUT2D eigenvalue weighted by atomic mass is 127. The summed E-state index contributed by atoms with van der Waals surface area (Å²) in [6, 6.07) is 11.1. The highest BCUT2D eigenvalue weighted by Gasteiger charge is 2.30. The quantitative estimate of drug-likeness (QED) is 0.352. The fourth-order valence-corrected chi connectivity index (χ4v) is 2.33. The van der Waals surface area contributed by atoms with E-state index in [-0.39, 0.29) is 35.7 Å². The van der Waals surface area contributed by atoms with Gasteiger partial charge in [0.25, 0.3) is 0 Å². The summed E-state index contributed by atoms with van der Waals surface area (Å²) < 4.78 is 45.5.